The van der Waals surface area contributed by atoms with Crippen LogP contribution in [0.5, 0.6) is 0 Å². The zero-order chi connectivity index (χ0) is 18.7. The summed E-state index contributed by atoms with van der Waals surface area (Å²) in [7, 11) is 0. The van der Waals surface area contributed by atoms with Crippen LogP contribution >= 0.6 is 11.3 Å². The standard InChI is InChI=1S/C21H26N2O2S/c1-21(2,3)17-6-4-15(5-7-17)19(24)20(25)22-10-12-23-11-8-18-16(14-23)9-13-26-18/h4-7,9,13H,8,10-12,14H2,1-3H3,(H,22,25). The van der Waals surface area contributed by atoms with Crippen molar-refractivity contribution in [2.24, 2.45) is 0 Å². The van der Waals surface area contributed by atoms with Crippen LogP contribution in [0.15, 0.2) is 35.7 Å². The molecule has 1 N–H and O–H groups in total. The molecule has 5 heteroatoms. The predicted octanol–water partition coefficient (Wildman–Crippen LogP) is 3.40. The van der Waals surface area contributed by atoms with Crippen LogP contribution in [-0.4, -0.2) is 36.2 Å². The van der Waals surface area contributed by atoms with Gasteiger partial charge in [-0.2, -0.15) is 0 Å². The lowest BCUT2D eigenvalue weighted by molar-refractivity contribution is -0.117. The van der Waals surface area contributed by atoms with Gasteiger partial charge in [0.25, 0.3) is 5.91 Å². The molecule has 0 radical (unpaired) electrons. The van der Waals surface area contributed by atoms with Crippen LogP contribution in [0.25, 0.3) is 0 Å². The van der Waals surface area contributed by atoms with Crippen molar-refractivity contribution in [2.45, 2.75) is 39.2 Å². The number of fused-ring (bicyclic) bond motifs is 1. The Kier molecular flexibility index (Phi) is 5.58. The Morgan fingerprint density at radius 1 is 1.15 bits per heavy atom. The molecule has 2 heterocycles. The molecule has 3 rings (SSSR count). The Labute approximate surface area is 159 Å². The fraction of sp³-hybridized carbons (Fsp3) is 0.429. The van der Waals surface area contributed by atoms with Crippen molar-refractivity contribution in [3.63, 3.8) is 0 Å². The highest BCUT2D eigenvalue weighted by atomic mass is 32.1. The Morgan fingerprint density at radius 2 is 1.88 bits per heavy atom. The summed E-state index contributed by atoms with van der Waals surface area (Å²) < 4.78 is 0. The number of ketones is 1. The summed E-state index contributed by atoms with van der Waals surface area (Å²) in [5.74, 6) is -0.994. The van der Waals surface area contributed by atoms with E-state index < -0.39 is 11.7 Å². The molecule has 4 nitrogen and oxygen atoms in total. The van der Waals surface area contributed by atoms with E-state index in [-0.39, 0.29) is 5.41 Å². The van der Waals surface area contributed by atoms with E-state index in [1.54, 1.807) is 12.1 Å². The number of carbonyl (C=O) groups is 2. The minimum Gasteiger partial charge on any atom is -0.348 e. The van der Waals surface area contributed by atoms with Crippen molar-refractivity contribution in [3.05, 3.63) is 57.3 Å². The van der Waals surface area contributed by atoms with Crippen molar-refractivity contribution >= 4 is 23.0 Å². The number of thiophene rings is 1. The third-order valence-electron chi connectivity index (χ3n) is 4.82. The van der Waals surface area contributed by atoms with E-state index >= 15 is 0 Å². The molecular weight excluding hydrogens is 344 g/mol. The summed E-state index contributed by atoms with van der Waals surface area (Å²) in [4.78, 5) is 28.2. The number of rotatable bonds is 5. The summed E-state index contributed by atoms with van der Waals surface area (Å²) in [6.45, 7) is 9.55. The molecule has 0 atom stereocenters. The molecule has 138 valence electrons. The first-order valence-corrected chi connectivity index (χ1v) is 9.93. The molecule has 1 amide bonds. The first-order chi connectivity index (χ1) is 12.3. The second kappa shape index (κ2) is 7.72. The maximum absolute atomic E-state index is 12.3. The quantitative estimate of drug-likeness (QED) is 0.648. The topological polar surface area (TPSA) is 49.4 Å². The smallest absolute Gasteiger partial charge is 0.292 e. The van der Waals surface area contributed by atoms with E-state index in [4.69, 9.17) is 0 Å². The second-order valence-electron chi connectivity index (χ2n) is 7.81. The lowest BCUT2D eigenvalue weighted by atomic mass is 9.86. The minimum atomic E-state index is -0.526. The van der Waals surface area contributed by atoms with Crippen LogP contribution in [0.4, 0.5) is 0 Å². The highest BCUT2D eigenvalue weighted by Gasteiger charge is 2.20. The Morgan fingerprint density at radius 3 is 2.58 bits per heavy atom. The van der Waals surface area contributed by atoms with E-state index in [1.807, 2.05) is 23.5 Å². The zero-order valence-corrected chi connectivity index (χ0v) is 16.5. The van der Waals surface area contributed by atoms with E-state index in [0.29, 0.717) is 12.1 Å². The molecule has 1 aliphatic rings. The normalized spacial score (nSPS) is 14.7. The summed E-state index contributed by atoms with van der Waals surface area (Å²) in [5, 5.41) is 4.90. The van der Waals surface area contributed by atoms with Crippen LogP contribution in [0.1, 0.15) is 47.1 Å². The monoisotopic (exact) mass is 370 g/mol. The first-order valence-electron chi connectivity index (χ1n) is 9.05. The van der Waals surface area contributed by atoms with E-state index in [9.17, 15) is 9.59 Å². The second-order valence-corrected chi connectivity index (χ2v) is 8.81. The van der Waals surface area contributed by atoms with Crippen LogP contribution in [-0.2, 0) is 23.2 Å². The minimum absolute atomic E-state index is 0.0284. The maximum Gasteiger partial charge on any atom is 0.292 e. The maximum atomic E-state index is 12.3. The van der Waals surface area contributed by atoms with Gasteiger partial charge in [-0.3, -0.25) is 14.5 Å². The van der Waals surface area contributed by atoms with Crippen LogP contribution in [0.3, 0.4) is 0 Å². The largest absolute Gasteiger partial charge is 0.348 e. The van der Waals surface area contributed by atoms with Crippen molar-refractivity contribution in [1.82, 2.24) is 10.2 Å². The summed E-state index contributed by atoms with van der Waals surface area (Å²) in [6, 6.07) is 9.51. The number of hydrogen-bond acceptors (Lipinski definition) is 4. The van der Waals surface area contributed by atoms with Gasteiger partial charge in [0.2, 0.25) is 5.78 Å². The van der Waals surface area contributed by atoms with Crippen LogP contribution in [0, 0.1) is 0 Å². The summed E-state index contributed by atoms with van der Waals surface area (Å²) >= 11 is 1.82. The first kappa shape index (κ1) is 18.8. The average Bonchev–Trinajstić information content (AvgIpc) is 3.08. The van der Waals surface area contributed by atoms with Gasteiger partial charge in [0, 0.05) is 36.6 Å². The van der Waals surface area contributed by atoms with Gasteiger partial charge >= 0.3 is 0 Å². The number of hydrogen-bond donors (Lipinski definition) is 1. The molecule has 0 bridgehead atoms. The van der Waals surface area contributed by atoms with Gasteiger partial charge in [-0.25, -0.2) is 0 Å². The number of nitrogens with one attached hydrogen (secondary N) is 1. The lowest BCUT2D eigenvalue weighted by Crippen LogP contribution is -2.39. The van der Waals surface area contributed by atoms with Gasteiger partial charge in [-0.1, -0.05) is 45.0 Å². The van der Waals surface area contributed by atoms with Crippen molar-refractivity contribution in [1.29, 1.82) is 0 Å². The fourth-order valence-corrected chi connectivity index (χ4v) is 4.05. The number of benzene rings is 1. The van der Waals surface area contributed by atoms with Gasteiger partial charge in [0.1, 0.15) is 0 Å². The Balaban J connectivity index is 1.48. The zero-order valence-electron chi connectivity index (χ0n) is 15.7. The summed E-state index contributed by atoms with van der Waals surface area (Å²) in [5.41, 5.74) is 3.01. The molecule has 1 aromatic carbocycles. The Bertz CT molecular complexity index is 787. The van der Waals surface area contributed by atoms with Gasteiger partial charge in [-0.05, 0) is 34.4 Å². The number of amides is 1. The van der Waals surface area contributed by atoms with E-state index in [1.165, 1.54) is 10.4 Å². The third kappa shape index (κ3) is 4.40. The van der Waals surface area contributed by atoms with Crippen LogP contribution in [0.2, 0.25) is 0 Å². The van der Waals surface area contributed by atoms with Crippen molar-refractivity contribution < 1.29 is 9.59 Å². The van der Waals surface area contributed by atoms with Gasteiger partial charge < -0.3 is 5.32 Å². The SMILES string of the molecule is CC(C)(C)c1ccc(C(=O)C(=O)NCCN2CCc3sccc3C2)cc1. The van der Waals surface area contributed by atoms with Crippen molar-refractivity contribution in [2.75, 3.05) is 19.6 Å². The average molecular weight is 371 g/mol. The van der Waals surface area contributed by atoms with E-state index in [2.05, 4.69) is 42.4 Å². The molecule has 0 saturated heterocycles. The molecular formula is C21H26N2O2S. The highest BCUT2D eigenvalue weighted by molar-refractivity contribution is 7.10. The molecule has 1 aliphatic heterocycles. The third-order valence-corrected chi connectivity index (χ3v) is 5.84. The molecule has 0 fully saturated rings. The number of carbonyl (C=O) groups excluding carboxylic acids is 2. The lowest BCUT2D eigenvalue weighted by Gasteiger charge is -2.26. The highest BCUT2D eigenvalue weighted by Crippen LogP contribution is 2.24. The fourth-order valence-electron chi connectivity index (χ4n) is 3.16. The molecule has 0 aliphatic carbocycles. The molecule has 26 heavy (non-hydrogen) atoms. The molecule has 1 aromatic heterocycles. The van der Waals surface area contributed by atoms with Crippen LogP contribution < -0.4 is 5.32 Å². The van der Waals surface area contributed by atoms with E-state index in [0.717, 1.165) is 31.6 Å². The molecule has 2 aromatic rings. The van der Waals surface area contributed by atoms with Gasteiger partial charge in [-0.15, -0.1) is 11.3 Å². The predicted molar refractivity (Wildman–Crippen MR) is 106 cm³/mol. The molecule has 0 saturated carbocycles. The van der Waals surface area contributed by atoms with Gasteiger partial charge in [0.15, 0.2) is 0 Å². The molecule has 0 spiro atoms. The Hall–Kier alpha value is -1.98. The number of nitrogens with zero attached hydrogens (tertiary/aromatic N) is 1. The number of Topliss-reactive ketones (excluding diaryl/α,β-unsaturated/α-hetero) is 1. The van der Waals surface area contributed by atoms with Gasteiger partial charge in [0.05, 0.1) is 0 Å². The molecule has 0 unspecified atom stereocenters. The summed E-state index contributed by atoms with van der Waals surface area (Å²) in [6.07, 6.45) is 1.07. The van der Waals surface area contributed by atoms with Crippen molar-refractivity contribution in [3.8, 4) is 0 Å².